The second-order valence-electron chi connectivity index (χ2n) is 16.2. The summed E-state index contributed by atoms with van der Waals surface area (Å²) in [5, 5.41) is 5.32. The number of carbonyl (C=O) groups excluding carboxylic acids is 4. The zero-order chi connectivity index (χ0) is 37.3. The molecule has 3 fully saturated rings. The highest BCUT2D eigenvalue weighted by atomic mass is 16.6. The molecular formula is C36H52N8O7. The predicted molar refractivity (Wildman–Crippen MR) is 191 cm³/mol. The van der Waals surface area contributed by atoms with Gasteiger partial charge in [0, 0.05) is 65.1 Å². The maximum atomic E-state index is 13.1. The van der Waals surface area contributed by atoms with E-state index < -0.39 is 34.6 Å². The molecule has 2 aromatic rings. The van der Waals surface area contributed by atoms with Gasteiger partial charge in [0.05, 0.1) is 5.69 Å². The summed E-state index contributed by atoms with van der Waals surface area (Å²) >= 11 is 0. The van der Waals surface area contributed by atoms with E-state index in [1.54, 1.807) is 56.7 Å². The molecule has 0 aliphatic carbocycles. The Hall–Kier alpha value is -4.66. The second-order valence-corrected chi connectivity index (χ2v) is 16.2. The number of nitrogens with one attached hydrogen (secondary N) is 2. The van der Waals surface area contributed by atoms with Crippen LogP contribution in [0.25, 0.3) is 5.69 Å². The number of ether oxygens (including phenoxy) is 2. The summed E-state index contributed by atoms with van der Waals surface area (Å²) < 4.78 is 12.3. The fourth-order valence-corrected chi connectivity index (χ4v) is 6.69. The Labute approximate surface area is 299 Å². The number of piperazine rings is 1. The van der Waals surface area contributed by atoms with Crippen molar-refractivity contribution < 1.29 is 28.7 Å². The number of urea groups is 1. The molecule has 15 heteroatoms. The van der Waals surface area contributed by atoms with Crippen molar-refractivity contribution in [3.8, 4) is 5.69 Å². The van der Waals surface area contributed by atoms with Gasteiger partial charge in [-0.25, -0.2) is 19.2 Å². The summed E-state index contributed by atoms with van der Waals surface area (Å²) in [6.07, 6.45) is 0.662. The Morgan fingerprint density at radius 3 is 1.88 bits per heavy atom. The normalized spacial score (nSPS) is 19.8. The minimum atomic E-state index is -1.19. The highest BCUT2D eigenvalue weighted by Crippen LogP contribution is 2.33. The van der Waals surface area contributed by atoms with Gasteiger partial charge >= 0.3 is 23.9 Å². The van der Waals surface area contributed by atoms with Crippen LogP contribution < -0.4 is 16.3 Å². The third-order valence-corrected chi connectivity index (χ3v) is 9.08. The number of amides is 5. The van der Waals surface area contributed by atoms with Crippen LogP contribution in [0.5, 0.6) is 0 Å². The lowest BCUT2D eigenvalue weighted by molar-refractivity contribution is -0.138. The van der Waals surface area contributed by atoms with Crippen LogP contribution in [0.2, 0.25) is 0 Å². The highest BCUT2D eigenvalue weighted by Gasteiger charge is 2.42. The molecule has 0 saturated carbocycles. The maximum Gasteiger partial charge on any atom is 0.410 e. The molecule has 0 radical (unpaired) electrons. The highest BCUT2D eigenvalue weighted by molar-refractivity contribution is 5.90. The van der Waals surface area contributed by atoms with Crippen LogP contribution in [0.4, 0.5) is 20.2 Å². The molecule has 0 unspecified atom stereocenters. The fraction of sp³-hybridized carbons (Fsp3) is 0.611. The van der Waals surface area contributed by atoms with E-state index in [1.165, 1.54) is 4.57 Å². The molecule has 0 spiro atoms. The number of alkyl carbamates (subject to hydrolysis) is 1. The van der Waals surface area contributed by atoms with Crippen molar-refractivity contribution in [2.24, 2.45) is 11.8 Å². The van der Waals surface area contributed by atoms with Gasteiger partial charge in [-0.2, -0.15) is 4.98 Å². The second kappa shape index (κ2) is 14.5. The van der Waals surface area contributed by atoms with E-state index in [1.807, 2.05) is 49.9 Å². The molecule has 0 bridgehead atoms. The summed E-state index contributed by atoms with van der Waals surface area (Å²) in [4.78, 5) is 75.3. The SMILES string of the molecule is CC(C)(C)OC(=O)NC(C)(C)C(=O)N1CCN(C(=O)Nc2ccn(-c3ccc(CN4C[C@@H]5CN(C(=O)OC(C)(C)C)C[C@@H]5C4)cc3)c(=O)n2)CC1. The minimum Gasteiger partial charge on any atom is -0.444 e. The van der Waals surface area contributed by atoms with E-state index in [4.69, 9.17) is 9.47 Å². The number of nitrogens with zero attached hydrogens (tertiary/aromatic N) is 6. The van der Waals surface area contributed by atoms with Crippen LogP contribution in [0.3, 0.4) is 0 Å². The van der Waals surface area contributed by atoms with E-state index in [0.717, 1.165) is 25.2 Å². The standard InChI is InChI=1S/C36H52N8O7/c1-34(2,3)50-32(48)39-36(7,8)29(45)41-15-17-42(18-16-41)30(46)37-28-13-14-44(31(47)38-28)27-11-9-24(10-12-27)19-40-20-25-22-43(23-26(25)21-40)33(49)51-35(4,5)6/h9-14,25-26H,15-23H2,1-8H3,(H,39,48)(H,37,38,46,47)/t25-,26+. The number of fused-ring (bicyclic) bond motifs is 1. The molecule has 5 rings (SSSR count). The monoisotopic (exact) mass is 708 g/mol. The molecule has 2 atom stereocenters. The van der Waals surface area contributed by atoms with Crippen molar-refractivity contribution in [1.29, 1.82) is 0 Å². The fourth-order valence-electron chi connectivity index (χ4n) is 6.69. The van der Waals surface area contributed by atoms with E-state index in [2.05, 4.69) is 20.5 Å². The van der Waals surface area contributed by atoms with Gasteiger partial charge in [0.2, 0.25) is 5.91 Å². The lowest BCUT2D eigenvalue weighted by Crippen LogP contribution is -2.60. The van der Waals surface area contributed by atoms with Gasteiger partial charge in [-0.05, 0) is 91.0 Å². The van der Waals surface area contributed by atoms with E-state index in [9.17, 15) is 24.0 Å². The number of carbonyl (C=O) groups is 4. The molecule has 2 N–H and O–H groups in total. The van der Waals surface area contributed by atoms with Crippen molar-refractivity contribution in [2.75, 3.05) is 57.7 Å². The van der Waals surface area contributed by atoms with E-state index >= 15 is 0 Å². The van der Waals surface area contributed by atoms with Gasteiger partial charge < -0.3 is 29.5 Å². The first kappa shape index (κ1) is 37.6. The van der Waals surface area contributed by atoms with Gasteiger partial charge in [0.25, 0.3) is 0 Å². The first-order valence-corrected chi connectivity index (χ1v) is 17.5. The number of hydrogen-bond donors (Lipinski definition) is 2. The molecule has 3 saturated heterocycles. The zero-order valence-electron chi connectivity index (χ0n) is 31.0. The Balaban J connectivity index is 1.08. The largest absolute Gasteiger partial charge is 0.444 e. The first-order valence-electron chi connectivity index (χ1n) is 17.5. The van der Waals surface area contributed by atoms with Crippen LogP contribution in [0, 0.1) is 11.8 Å². The molecule has 1 aromatic carbocycles. The van der Waals surface area contributed by atoms with Gasteiger partial charge in [-0.1, -0.05) is 12.1 Å². The third-order valence-electron chi connectivity index (χ3n) is 9.08. The van der Waals surface area contributed by atoms with Crippen LogP contribution in [0.1, 0.15) is 61.0 Å². The molecule has 3 aliphatic heterocycles. The summed E-state index contributed by atoms with van der Waals surface area (Å²) in [6.45, 7) is 19.3. The molecule has 15 nitrogen and oxygen atoms in total. The molecule has 278 valence electrons. The van der Waals surface area contributed by atoms with Crippen molar-refractivity contribution in [3.63, 3.8) is 0 Å². The number of benzene rings is 1. The topological polar surface area (TPSA) is 159 Å². The molecule has 5 amide bonds. The maximum absolute atomic E-state index is 13.1. The van der Waals surface area contributed by atoms with Gasteiger partial charge in [-0.15, -0.1) is 0 Å². The molecule has 51 heavy (non-hydrogen) atoms. The third kappa shape index (κ3) is 9.78. The van der Waals surface area contributed by atoms with Gasteiger partial charge in [-0.3, -0.25) is 19.6 Å². The number of anilines is 1. The smallest absolute Gasteiger partial charge is 0.410 e. The van der Waals surface area contributed by atoms with Crippen LogP contribution in [-0.4, -0.2) is 122 Å². The summed E-state index contributed by atoms with van der Waals surface area (Å²) in [5.74, 6) is 0.713. The lowest BCUT2D eigenvalue weighted by Gasteiger charge is -2.38. The van der Waals surface area contributed by atoms with Gasteiger partial charge in [0.15, 0.2) is 0 Å². The van der Waals surface area contributed by atoms with E-state index in [0.29, 0.717) is 30.6 Å². The first-order chi connectivity index (χ1) is 23.8. The average Bonchev–Trinajstić information content (AvgIpc) is 3.58. The van der Waals surface area contributed by atoms with Crippen LogP contribution >= 0.6 is 0 Å². The van der Waals surface area contributed by atoms with Gasteiger partial charge in [0.1, 0.15) is 22.6 Å². The molecule has 3 aliphatic rings. The lowest BCUT2D eigenvalue weighted by atomic mass is 10.0. The Morgan fingerprint density at radius 1 is 0.765 bits per heavy atom. The Kier molecular flexibility index (Phi) is 10.7. The van der Waals surface area contributed by atoms with Crippen molar-refractivity contribution >= 4 is 29.9 Å². The van der Waals surface area contributed by atoms with Crippen molar-refractivity contribution in [2.45, 2.75) is 78.7 Å². The number of rotatable bonds is 6. The van der Waals surface area contributed by atoms with Crippen LogP contribution in [-0.2, 0) is 20.8 Å². The minimum absolute atomic E-state index is 0.129. The Morgan fingerprint density at radius 2 is 1.33 bits per heavy atom. The molecule has 4 heterocycles. The summed E-state index contributed by atoms with van der Waals surface area (Å²) in [7, 11) is 0. The number of aromatic nitrogens is 2. The van der Waals surface area contributed by atoms with E-state index in [-0.39, 0.29) is 44.0 Å². The molecule has 1 aromatic heterocycles. The Bertz CT molecular complexity index is 1660. The van der Waals surface area contributed by atoms with Crippen molar-refractivity contribution in [3.05, 3.63) is 52.6 Å². The predicted octanol–water partition coefficient (Wildman–Crippen LogP) is 3.51. The summed E-state index contributed by atoms with van der Waals surface area (Å²) in [6, 6.07) is 8.90. The van der Waals surface area contributed by atoms with Crippen LogP contribution in [0.15, 0.2) is 41.3 Å². The zero-order valence-corrected chi connectivity index (χ0v) is 31.0. The molecular weight excluding hydrogens is 656 g/mol. The van der Waals surface area contributed by atoms with Crippen molar-refractivity contribution in [1.82, 2.24) is 34.5 Å². The average molecular weight is 709 g/mol. The number of likely N-dealkylation sites (tertiary alicyclic amines) is 2. The quantitative estimate of drug-likeness (QED) is 0.458. The summed E-state index contributed by atoms with van der Waals surface area (Å²) in [5.41, 5.74) is -1.14. The number of hydrogen-bond acceptors (Lipinski definition) is 9.